The van der Waals surface area contributed by atoms with Crippen LogP contribution >= 0.6 is 0 Å². The third-order valence-corrected chi connectivity index (χ3v) is 3.49. The summed E-state index contributed by atoms with van der Waals surface area (Å²) < 4.78 is 14.4. The fraction of sp³-hybridized carbons (Fsp3) is 0.333. The molecule has 2 aromatic rings. The average molecular weight is 317 g/mol. The van der Waals surface area contributed by atoms with Gasteiger partial charge in [0.15, 0.2) is 0 Å². The van der Waals surface area contributed by atoms with Crippen molar-refractivity contribution in [1.29, 1.82) is 0 Å². The molecule has 1 aliphatic heterocycles. The fourth-order valence-corrected chi connectivity index (χ4v) is 2.45. The molecule has 0 fully saturated rings. The summed E-state index contributed by atoms with van der Waals surface area (Å²) in [6, 6.07) is 5.80. The largest absolute Gasteiger partial charge is 0.348 e. The van der Waals surface area contributed by atoms with Crippen molar-refractivity contribution in [3.05, 3.63) is 46.1 Å². The van der Waals surface area contributed by atoms with Gasteiger partial charge in [0.25, 0.3) is 11.5 Å². The molecule has 1 aliphatic rings. The van der Waals surface area contributed by atoms with E-state index < -0.39 is 11.5 Å². The number of aromatic nitrogens is 3. The highest BCUT2D eigenvalue weighted by Crippen LogP contribution is 2.26. The van der Waals surface area contributed by atoms with Gasteiger partial charge in [-0.3, -0.25) is 14.2 Å². The molecule has 0 spiro atoms. The number of amides is 1. The molecule has 0 atom stereocenters. The first-order chi connectivity index (χ1) is 11.0. The molecule has 2 heterocycles. The number of fused-ring (bicyclic) bond motifs is 1. The van der Waals surface area contributed by atoms with Crippen molar-refractivity contribution in [2.45, 2.75) is 26.4 Å². The summed E-state index contributed by atoms with van der Waals surface area (Å²) in [5, 5.41) is 10.4. The van der Waals surface area contributed by atoms with Gasteiger partial charge in [-0.15, -0.1) is 10.2 Å². The number of hydrogen-bond donors (Lipinski definition) is 1. The molecule has 120 valence electrons. The topological polar surface area (TPSA) is 80.1 Å². The third kappa shape index (κ3) is 2.79. The maximum absolute atomic E-state index is 13.0. The lowest BCUT2D eigenvalue weighted by molar-refractivity contribution is 0.0934. The van der Waals surface area contributed by atoms with Crippen LogP contribution in [-0.2, 0) is 6.54 Å². The smallest absolute Gasteiger partial charge is 0.286 e. The minimum absolute atomic E-state index is 0.0994. The third-order valence-electron chi connectivity index (χ3n) is 3.49. The first-order valence-corrected chi connectivity index (χ1v) is 7.29. The molecule has 0 unspecified atom stereocenters. The van der Waals surface area contributed by atoms with Gasteiger partial charge in [0, 0.05) is 24.8 Å². The summed E-state index contributed by atoms with van der Waals surface area (Å²) in [7, 11) is 0. The van der Waals surface area contributed by atoms with E-state index in [1.807, 2.05) is 0 Å². The van der Waals surface area contributed by atoms with Crippen LogP contribution in [0, 0.1) is 5.82 Å². The van der Waals surface area contributed by atoms with Gasteiger partial charge in [0.1, 0.15) is 5.82 Å². The Hall–Kier alpha value is -2.77. The number of hydrogen-bond acceptors (Lipinski definition) is 5. The van der Waals surface area contributed by atoms with E-state index in [1.165, 1.54) is 16.7 Å². The zero-order valence-electron chi connectivity index (χ0n) is 12.8. The molecule has 0 radical (unpaired) electrons. The Labute approximate surface area is 131 Å². The van der Waals surface area contributed by atoms with Gasteiger partial charge in [0.05, 0.1) is 0 Å². The minimum atomic E-state index is -0.534. The molecular formula is C15H16FN5O2. The maximum atomic E-state index is 13.0. The molecule has 1 amide bonds. The van der Waals surface area contributed by atoms with Gasteiger partial charge in [-0.05, 0) is 38.1 Å². The molecule has 1 aromatic carbocycles. The van der Waals surface area contributed by atoms with Crippen LogP contribution in [0.25, 0.3) is 0 Å². The monoisotopic (exact) mass is 317 g/mol. The van der Waals surface area contributed by atoms with Crippen molar-refractivity contribution in [3.63, 3.8) is 0 Å². The van der Waals surface area contributed by atoms with Crippen LogP contribution in [0.1, 0.15) is 24.3 Å². The Morgan fingerprint density at radius 2 is 1.91 bits per heavy atom. The summed E-state index contributed by atoms with van der Waals surface area (Å²) in [4.78, 5) is 26.2. The lowest BCUT2D eigenvalue weighted by atomic mass is 10.3. The quantitative estimate of drug-likeness (QED) is 0.916. The number of halogens is 1. The van der Waals surface area contributed by atoms with E-state index in [2.05, 4.69) is 15.5 Å². The number of rotatable bonds is 3. The van der Waals surface area contributed by atoms with E-state index in [-0.39, 0.29) is 17.6 Å². The van der Waals surface area contributed by atoms with Crippen molar-refractivity contribution in [2.24, 2.45) is 0 Å². The zero-order chi connectivity index (χ0) is 16.6. The van der Waals surface area contributed by atoms with Crippen molar-refractivity contribution in [3.8, 4) is 0 Å². The molecule has 0 saturated carbocycles. The van der Waals surface area contributed by atoms with Crippen LogP contribution in [0.2, 0.25) is 0 Å². The molecular weight excluding hydrogens is 301 g/mol. The van der Waals surface area contributed by atoms with Gasteiger partial charge >= 0.3 is 0 Å². The summed E-state index contributed by atoms with van der Waals surface area (Å²) in [6.07, 6.45) is 0. The van der Waals surface area contributed by atoms with E-state index in [0.29, 0.717) is 24.7 Å². The van der Waals surface area contributed by atoms with Gasteiger partial charge in [-0.25, -0.2) is 4.39 Å². The minimum Gasteiger partial charge on any atom is -0.348 e. The molecule has 7 nitrogen and oxygen atoms in total. The van der Waals surface area contributed by atoms with Crippen LogP contribution < -0.4 is 15.8 Å². The normalized spacial score (nSPS) is 13.3. The van der Waals surface area contributed by atoms with E-state index in [0.717, 1.165) is 0 Å². The van der Waals surface area contributed by atoms with E-state index in [4.69, 9.17) is 0 Å². The van der Waals surface area contributed by atoms with E-state index in [9.17, 15) is 14.0 Å². The van der Waals surface area contributed by atoms with Crippen molar-refractivity contribution in [1.82, 2.24) is 20.1 Å². The van der Waals surface area contributed by atoms with Crippen molar-refractivity contribution in [2.75, 3.05) is 11.4 Å². The van der Waals surface area contributed by atoms with Crippen molar-refractivity contribution >= 4 is 17.5 Å². The molecule has 0 aliphatic carbocycles. The molecule has 1 N–H and O–H groups in total. The standard InChI is InChI=1S/C15H16FN5O2/c1-9(2)17-13(22)12-14(23)21-8-7-20(15(21)19-18-12)11-5-3-10(16)4-6-11/h3-6,9H,7-8H2,1-2H3,(H,17,22). The number of carbonyl (C=O) groups is 1. The lowest BCUT2D eigenvalue weighted by Crippen LogP contribution is -2.37. The van der Waals surface area contributed by atoms with Gasteiger partial charge < -0.3 is 10.2 Å². The second-order valence-electron chi connectivity index (χ2n) is 5.56. The Kier molecular flexibility index (Phi) is 3.81. The molecule has 23 heavy (non-hydrogen) atoms. The predicted octanol–water partition coefficient (Wildman–Crippen LogP) is 1.07. The molecule has 0 bridgehead atoms. The second-order valence-corrected chi connectivity index (χ2v) is 5.56. The zero-order valence-corrected chi connectivity index (χ0v) is 12.8. The summed E-state index contributed by atoms with van der Waals surface area (Å²) in [6.45, 7) is 4.49. The highest BCUT2D eigenvalue weighted by molar-refractivity contribution is 5.92. The Balaban J connectivity index is 1.96. The number of nitrogens with zero attached hydrogens (tertiary/aromatic N) is 4. The highest BCUT2D eigenvalue weighted by Gasteiger charge is 2.27. The summed E-state index contributed by atoms with van der Waals surface area (Å²) >= 11 is 0. The second kappa shape index (κ2) is 5.79. The SMILES string of the molecule is CC(C)NC(=O)c1nnc2n(c1=O)CCN2c1ccc(F)cc1. The fourth-order valence-electron chi connectivity index (χ4n) is 2.45. The highest BCUT2D eigenvalue weighted by atomic mass is 19.1. The van der Waals surface area contributed by atoms with Crippen LogP contribution in [0.5, 0.6) is 0 Å². The van der Waals surface area contributed by atoms with Gasteiger partial charge in [0.2, 0.25) is 11.6 Å². The molecule has 0 saturated heterocycles. The Morgan fingerprint density at radius 1 is 1.22 bits per heavy atom. The number of anilines is 2. The molecule has 8 heteroatoms. The van der Waals surface area contributed by atoms with Crippen molar-refractivity contribution < 1.29 is 9.18 Å². The summed E-state index contributed by atoms with van der Waals surface area (Å²) in [5.74, 6) is -0.520. The lowest BCUT2D eigenvalue weighted by Gasteiger charge is -2.16. The first kappa shape index (κ1) is 15.1. The first-order valence-electron chi connectivity index (χ1n) is 7.29. The average Bonchev–Trinajstić information content (AvgIpc) is 2.92. The number of benzene rings is 1. The van der Waals surface area contributed by atoms with Crippen LogP contribution in [0.4, 0.5) is 16.0 Å². The maximum Gasteiger partial charge on any atom is 0.286 e. The Bertz CT molecular complexity index is 801. The number of carbonyl (C=O) groups excluding carboxylic acids is 1. The van der Waals surface area contributed by atoms with Crippen LogP contribution in [-0.4, -0.2) is 33.3 Å². The summed E-state index contributed by atoms with van der Waals surface area (Å²) in [5.41, 5.74) is 0.0203. The molecule has 3 rings (SSSR count). The number of nitrogens with one attached hydrogen (secondary N) is 1. The predicted molar refractivity (Wildman–Crippen MR) is 82.3 cm³/mol. The van der Waals surface area contributed by atoms with Crippen LogP contribution in [0.15, 0.2) is 29.1 Å². The van der Waals surface area contributed by atoms with E-state index >= 15 is 0 Å². The molecule has 1 aromatic heterocycles. The van der Waals surface area contributed by atoms with Gasteiger partial charge in [-0.2, -0.15) is 0 Å². The van der Waals surface area contributed by atoms with Crippen LogP contribution in [0.3, 0.4) is 0 Å². The van der Waals surface area contributed by atoms with Gasteiger partial charge in [-0.1, -0.05) is 0 Å². The Morgan fingerprint density at radius 3 is 2.57 bits per heavy atom. The van der Waals surface area contributed by atoms with E-state index in [1.54, 1.807) is 30.9 Å².